The molecule has 0 radical (unpaired) electrons. The lowest BCUT2D eigenvalue weighted by atomic mass is 10.1. The smallest absolute Gasteiger partial charge is 0.134 e. The predicted molar refractivity (Wildman–Crippen MR) is 86.9 cm³/mol. The van der Waals surface area contributed by atoms with Crippen molar-refractivity contribution in [2.45, 2.75) is 0 Å². The Balaban J connectivity index is 1.70. The van der Waals surface area contributed by atoms with E-state index in [0.29, 0.717) is 12.4 Å². The van der Waals surface area contributed by atoms with Crippen LogP contribution < -0.4 is 4.74 Å². The summed E-state index contributed by atoms with van der Waals surface area (Å²) in [5, 5.41) is 14.6. The van der Waals surface area contributed by atoms with E-state index >= 15 is 0 Å². The number of phenolic OH excluding ortho intramolecular Hbond substituents is 1. The Morgan fingerprint density at radius 3 is 3.00 bits per heavy atom. The van der Waals surface area contributed by atoms with E-state index in [9.17, 15) is 5.11 Å². The second-order valence-corrected chi connectivity index (χ2v) is 6.50. The third-order valence-corrected chi connectivity index (χ3v) is 5.16. The molecule has 3 heterocycles. The van der Waals surface area contributed by atoms with Gasteiger partial charge in [0, 0.05) is 22.6 Å². The van der Waals surface area contributed by atoms with Gasteiger partial charge in [0.05, 0.1) is 10.6 Å². The minimum atomic E-state index is 0.222. The van der Waals surface area contributed by atoms with Crippen LogP contribution in [0, 0.1) is 0 Å². The first kappa shape index (κ1) is 12.6. The summed E-state index contributed by atoms with van der Waals surface area (Å²) in [6, 6.07) is 9.28. The number of hydrogen-bond donors (Lipinski definition) is 1. The number of thiazole rings is 1. The number of nitrogens with zero attached hydrogens (tertiary/aromatic N) is 1. The first-order valence-electron chi connectivity index (χ1n) is 6.46. The van der Waals surface area contributed by atoms with Crippen LogP contribution in [-0.2, 0) is 0 Å². The molecule has 1 aliphatic rings. The fourth-order valence-electron chi connectivity index (χ4n) is 2.23. The van der Waals surface area contributed by atoms with Crippen LogP contribution >= 0.6 is 22.7 Å². The van der Waals surface area contributed by atoms with Crippen molar-refractivity contribution in [3.63, 3.8) is 0 Å². The Kier molecular flexibility index (Phi) is 3.02. The SMILES string of the molecule is Oc1ccc2c(c1)OCC(c1csc(-c3cccs3)n1)=C2. The predicted octanol–water partition coefficient (Wildman–Crippen LogP) is 4.51. The van der Waals surface area contributed by atoms with Gasteiger partial charge in [0.15, 0.2) is 0 Å². The van der Waals surface area contributed by atoms with E-state index in [0.717, 1.165) is 21.8 Å². The van der Waals surface area contributed by atoms with Crippen molar-refractivity contribution in [1.82, 2.24) is 4.98 Å². The molecule has 0 amide bonds. The summed E-state index contributed by atoms with van der Waals surface area (Å²) in [7, 11) is 0. The molecule has 1 aliphatic heterocycles. The standard InChI is InChI=1S/C16H11NO2S2/c18-12-4-3-10-6-11(8-19-14(10)7-12)13-9-21-16(17-13)15-2-1-5-20-15/h1-7,9,18H,8H2. The average Bonchev–Trinajstić information content (AvgIpc) is 3.17. The Hall–Kier alpha value is -2.11. The third-order valence-electron chi connectivity index (χ3n) is 3.28. The highest BCUT2D eigenvalue weighted by Crippen LogP contribution is 2.35. The highest BCUT2D eigenvalue weighted by atomic mass is 32.1. The number of aromatic nitrogens is 1. The van der Waals surface area contributed by atoms with Crippen LogP contribution in [0.1, 0.15) is 11.3 Å². The fraction of sp³-hybridized carbons (Fsp3) is 0.0625. The highest BCUT2D eigenvalue weighted by Gasteiger charge is 2.16. The van der Waals surface area contributed by atoms with Gasteiger partial charge in [0.25, 0.3) is 0 Å². The van der Waals surface area contributed by atoms with Crippen molar-refractivity contribution in [2.24, 2.45) is 0 Å². The lowest BCUT2D eigenvalue weighted by molar-refractivity contribution is 0.362. The van der Waals surface area contributed by atoms with E-state index in [1.165, 1.54) is 4.88 Å². The van der Waals surface area contributed by atoms with Gasteiger partial charge in [-0.25, -0.2) is 4.98 Å². The van der Waals surface area contributed by atoms with Crippen molar-refractivity contribution in [1.29, 1.82) is 0 Å². The first-order valence-corrected chi connectivity index (χ1v) is 8.22. The van der Waals surface area contributed by atoms with Crippen LogP contribution in [0.15, 0.2) is 41.1 Å². The van der Waals surface area contributed by atoms with Crippen molar-refractivity contribution < 1.29 is 9.84 Å². The molecular weight excluding hydrogens is 302 g/mol. The zero-order valence-electron chi connectivity index (χ0n) is 10.9. The molecule has 0 saturated heterocycles. The maximum absolute atomic E-state index is 9.47. The van der Waals surface area contributed by atoms with Gasteiger partial charge in [0.1, 0.15) is 23.1 Å². The number of thiophene rings is 1. The monoisotopic (exact) mass is 313 g/mol. The summed E-state index contributed by atoms with van der Waals surface area (Å²) in [4.78, 5) is 5.89. The summed E-state index contributed by atoms with van der Waals surface area (Å²) in [6.07, 6.45) is 2.07. The van der Waals surface area contributed by atoms with E-state index in [1.54, 1.807) is 34.8 Å². The molecule has 104 valence electrons. The van der Waals surface area contributed by atoms with E-state index in [4.69, 9.17) is 9.72 Å². The molecule has 3 aromatic rings. The minimum Gasteiger partial charge on any atom is -0.508 e. The molecule has 5 heteroatoms. The van der Waals surface area contributed by atoms with E-state index in [1.807, 2.05) is 12.1 Å². The highest BCUT2D eigenvalue weighted by molar-refractivity contribution is 7.20. The lowest BCUT2D eigenvalue weighted by Gasteiger charge is -2.16. The Bertz CT molecular complexity index is 819. The number of rotatable bonds is 2. The van der Waals surface area contributed by atoms with Gasteiger partial charge < -0.3 is 9.84 Å². The van der Waals surface area contributed by atoms with Crippen LogP contribution in [-0.4, -0.2) is 16.7 Å². The van der Waals surface area contributed by atoms with Crippen molar-refractivity contribution >= 4 is 34.3 Å². The molecular formula is C16H11NO2S2. The second-order valence-electron chi connectivity index (χ2n) is 4.70. The van der Waals surface area contributed by atoms with Crippen molar-refractivity contribution in [3.8, 4) is 21.4 Å². The van der Waals surface area contributed by atoms with Crippen LogP contribution in [0.5, 0.6) is 11.5 Å². The van der Waals surface area contributed by atoms with Crippen LogP contribution in [0.25, 0.3) is 21.5 Å². The molecule has 0 fully saturated rings. The molecule has 21 heavy (non-hydrogen) atoms. The van der Waals surface area contributed by atoms with E-state index in [-0.39, 0.29) is 5.75 Å². The average molecular weight is 313 g/mol. The molecule has 1 aromatic carbocycles. The Morgan fingerprint density at radius 2 is 2.14 bits per heavy atom. The number of hydrogen-bond acceptors (Lipinski definition) is 5. The molecule has 1 N–H and O–H groups in total. The Labute approximate surface area is 129 Å². The molecule has 2 aromatic heterocycles. The largest absolute Gasteiger partial charge is 0.508 e. The number of aromatic hydroxyl groups is 1. The second kappa shape index (κ2) is 5.02. The zero-order valence-corrected chi connectivity index (χ0v) is 12.6. The Morgan fingerprint density at radius 1 is 1.19 bits per heavy atom. The molecule has 0 aliphatic carbocycles. The van der Waals surface area contributed by atoms with Gasteiger partial charge in [0.2, 0.25) is 0 Å². The normalized spacial score (nSPS) is 13.4. The summed E-state index contributed by atoms with van der Waals surface area (Å²) < 4.78 is 5.71. The van der Waals surface area contributed by atoms with Gasteiger partial charge in [-0.3, -0.25) is 0 Å². The van der Waals surface area contributed by atoms with Crippen LogP contribution in [0.3, 0.4) is 0 Å². The third kappa shape index (κ3) is 2.34. The topological polar surface area (TPSA) is 42.4 Å². The number of ether oxygens (including phenoxy) is 1. The maximum Gasteiger partial charge on any atom is 0.134 e. The maximum atomic E-state index is 9.47. The molecule has 0 spiro atoms. The molecule has 4 rings (SSSR count). The summed E-state index contributed by atoms with van der Waals surface area (Å²) in [5.74, 6) is 0.937. The lowest BCUT2D eigenvalue weighted by Crippen LogP contribution is -2.06. The van der Waals surface area contributed by atoms with Crippen molar-refractivity contribution in [2.75, 3.05) is 6.61 Å². The number of fused-ring (bicyclic) bond motifs is 1. The minimum absolute atomic E-state index is 0.222. The van der Waals surface area contributed by atoms with Gasteiger partial charge in [-0.2, -0.15) is 0 Å². The van der Waals surface area contributed by atoms with Gasteiger partial charge >= 0.3 is 0 Å². The van der Waals surface area contributed by atoms with Crippen LogP contribution in [0.4, 0.5) is 0 Å². The van der Waals surface area contributed by atoms with Crippen molar-refractivity contribution in [3.05, 3.63) is 52.3 Å². The molecule has 0 unspecified atom stereocenters. The number of phenols is 1. The van der Waals surface area contributed by atoms with Crippen LogP contribution in [0.2, 0.25) is 0 Å². The molecule has 0 saturated carbocycles. The van der Waals surface area contributed by atoms with Gasteiger partial charge in [-0.1, -0.05) is 6.07 Å². The first-order chi connectivity index (χ1) is 10.3. The molecule has 3 nitrogen and oxygen atoms in total. The van der Waals surface area contributed by atoms with E-state index in [2.05, 4.69) is 22.9 Å². The quantitative estimate of drug-likeness (QED) is 0.757. The molecule has 0 atom stereocenters. The van der Waals surface area contributed by atoms with Gasteiger partial charge in [-0.05, 0) is 29.7 Å². The molecule has 0 bridgehead atoms. The summed E-state index contributed by atoms with van der Waals surface area (Å²) >= 11 is 3.34. The fourth-order valence-corrected chi connectivity index (χ4v) is 3.89. The van der Waals surface area contributed by atoms with E-state index < -0.39 is 0 Å². The number of benzene rings is 1. The zero-order chi connectivity index (χ0) is 14.2. The summed E-state index contributed by atoms with van der Waals surface area (Å²) in [6.45, 7) is 0.476. The van der Waals surface area contributed by atoms with Gasteiger partial charge in [-0.15, -0.1) is 22.7 Å². The summed E-state index contributed by atoms with van der Waals surface area (Å²) in [5.41, 5.74) is 2.99.